The SMILES string of the molecule is CC(CN(C)C)N1Cc2ccccc2C1=N. The van der Waals surface area contributed by atoms with Crippen LogP contribution in [0, 0.1) is 5.41 Å². The molecule has 0 aliphatic carbocycles. The standard InChI is InChI=1S/C13H19N3/c1-10(8-15(2)3)16-9-11-6-4-5-7-12(11)13(16)14/h4-7,10,14H,8-9H2,1-3H3. The third-order valence-corrected chi connectivity index (χ3v) is 3.06. The Bertz CT molecular complexity index is 398. The second kappa shape index (κ2) is 4.26. The van der Waals surface area contributed by atoms with Crippen molar-refractivity contribution >= 4 is 5.84 Å². The fourth-order valence-corrected chi connectivity index (χ4v) is 2.31. The average Bonchev–Trinajstić information content (AvgIpc) is 2.56. The zero-order chi connectivity index (χ0) is 11.7. The highest BCUT2D eigenvalue weighted by Gasteiger charge is 2.27. The Hall–Kier alpha value is -1.35. The summed E-state index contributed by atoms with van der Waals surface area (Å²) in [5.41, 5.74) is 2.37. The van der Waals surface area contributed by atoms with Crippen LogP contribution in [0.1, 0.15) is 18.1 Å². The van der Waals surface area contributed by atoms with Crippen molar-refractivity contribution in [3.63, 3.8) is 0 Å². The third kappa shape index (κ3) is 1.95. The van der Waals surface area contributed by atoms with Gasteiger partial charge >= 0.3 is 0 Å². The molecule has 2 rings (SSSR count). The zero-order valence-electron chi connectivity index (χ0n) is 10.2. The molecule has 3 heteroatoms. The van der Waals surface area contributed by atoms with Gasteiger partial charge < -0.3 is 9.80 Å². The van der Waals surface area contributed by atoms with E-state index < -0.39 is 0 Å². The second-order valence-electron chi connectivity index (χ2n) is 4.74. The van der Waals surface area contributed by atoms with Crippen LogP contribution in [-0.4, -0.2) is 42.3 Å². The molecule has 16 heavy (non-hydrogen) atoms. The number of hydrogen-bond donors (Lipinski definition) is 1. The van der Waals surface area contributed by atoms with E-state index in [9.17, 15) is 0 Å². The van der Waals surface area contributed by atoms with Crippen molar-refractivity contribution in [2.45, 2.75) is 19.5 Å². The number of rotatable bonds is 3. The molecule has 0 radical (unpaired) electrons. The minimum absolute atomic E-state index is 0.384. The van der Waals surface area contributed by atoms with Crippen LogP contribution in [-0.2, 0) is 6.54 Å². The molecule has 0 fully saturated rings. The van der Waals surface area contributed by atoms with Crippen LogP contribution in [0.5, 0.6) is 0 Å². The normalized spacial score (nSPS) is 16.8. The van der Waals surface area contributed by atoms with Gasteiger partial charge in [0.25, 0.3) is 0 Å². The Morgan fingerprint density at radius 2 is 2.06 bits per heavy atom. The summed E-state index contributed by atoms with van der Waals surface area (Å²) < 4.78 is 0. The van der Waals surface area contributed by atoms with E-state index in [4.69, 9.17) is 5.41 Å². The van der Waals surface area contributed by atoms with E-state index in [1.54, 1.807) is 0 Å². The smallest absolute Gasteiger partial charge is 0.128 e. The monoisotopic (exact) mass is 217 g/mol. The lowest BCUT2D eigenvalue weighted by molar-refractivity contribution is 0.257. The molecule has 0 saturated heterocycles. The lowest BCUT2D eigenvalue weighted by Crippen LogP contribution is -2.40. The van der Waals surface area contributed by atoms with Crippen molar-refractivity contribution in [1.29, 1.82) is 5.41 Å². The summed E-state index contributed by atoms with van der Waals surface area (Å²) in [5.74, 6) is 0.671. The number of benzene rings is 1. The van der Waals surface area contributed by atoms with Gasteiger partial charge in [-0.25, -0.2) is 0 Å². The van der Waals surface area contributed by atoms with E-state index in [1.807, 2.05) is 18.2 Å². The summed E-state index contributed by atoms with van der Waals surface area (Å²) in [6.07, 6.45) is 0. The first-order chi connectivity index (χ1) is 7.59. The van der Waals surface area contributed by atoms with Gasteiger partial charge in [0.15, 0.2) is 0 Å². The number of likely N-dealkylation sites (N-methyl/N-ethyl adjacent to an activating group) is 1. The number of hydrogen-bond acceptors (Lipinski definition) is 2. The maximum atomic E-state index is 8.17. The summed E-state index contributed by atoms with van der Waals surface area (Å²) in [7, 11) is 4.15. The van der Waals surface area contributed by atoms with E-state index in [0.29, 0.717) is 11.9 Å². The highest BCUT2D eigenvalue weighted by molar-refractivity contribution is 6.00. The summed E-state index contributed by atoms with van der Waals surface area (Å²) in [5, 5.41) is 8.17. The minimum atomic E-state index is 0.384. The molecule has 3 nitrogen and oxygen atoms in total. The molecule has 1 heterocycles. The van der Waals surface area contributed by atoms with Crippen LogP contribution in [0.25, 0.3) is 0 Å². The third-order valence-electron chi connectivity index (χ3n) is 3.06. The number of amidine groups is 1. The van der Waals surface area contributed by atoms with E-state index >= 15 is 0 Å². The molecule has 1 unspecified atom stereocenters. The summed E-state index contributed by atoms with van der Waals surface area (Å²) >= 11 is 0. The van der Waals surface area contributed by atoms with Crippen LogP contribution < -0.4 is 0 Å². The van der Waals surface area contributed by atoms with Crippen molar-refractivity contribution < 1.29 is 0 Å². The molecule has 86 valence electrons. The van der Waals surface area contributed by atoms with Crippen molar-refractivity contribution in [2.75, 3.05) is 20.6 Å². The van der Waals surface area contributed by atoms with Gasteiger partial charge in [0.05, 0.1) is 0 Å². The molecular formula is C13H19N3. The van der Waals surface area contributed by atoms with Gasteiger partial charge in [-0.1, -0.05) is 24.3 Å². The number of nitrogens with zero attached hydrogens (tertiary/aromatic N) is 2. The molecule has 1 aromatic rings. The molecule has 1 aromatic carbocycles. The molecule has 0 saturated carbocycles. The second-order valence-corrected chi connectivity index (χ2v) is 4.74. The molecule has 1 atom stereocenters. The molecule has 0 bridgehead atoms. The maximum absolute atomic E-state index is 8.17. The Balaban J connectivity index is 2.15. The van der Waals surface area contributed by atoms with E-state index in [-0.39, 0.29) is 0 Å². The fourth-order valence-electron chi connectivity index (χ4n) is 2.31. The first kappa shape index (κ1) is 11.1. The largest absolute Gasteiger partial charge is 0.348 e. The van der Waals surface area contributed by atoms with E-state index in [1.165, 1.54) is 5.56 Å². The predicted octanol–water partition coefficient (Wildman–Crippen LogP) is 1.78. The molecule has 1 aliphatic rings. The lowest BCUT2D eigenvalue weighted by atomic mass is 10.1. The topological polar surface area (TPSA) is 30.3 Å². The van der Waals surface area contributed by atoms with Crippen LogP contribution in [0.15, 0.2) is 24.3 Å². The highest BCUT2D eigenvalue weighted by atomic mass is 15.2. The molecule has 1 aliphatic heterocycles. The predicted molar refractivity (Wildman–Crippen MR) is 66.8 cm³/mol. The maximum Gasteiger partial charge on any atom is 0.128 e. The fraction of sp³-hybridized carbons (Fsp3) is 0.462. The summed E-state index contributed by atoms with van der Waals surface area (Å²) in [6, 6.07) is 8.60. The lowest BCUT2D eigenvalue weighted by Gasteiger charge is -2.28. The average molecular weight is 217 g/mol. The molecule has 0 amide bonds. The van der Waals surface area contributed by atoms with Gasteiger partial charge in [-0.2, -0.15) is 0 Å². The first-order valence-corrected chi connectivity index (χ1v) is 5.68. The van der Waals surface area contributed by atoms with Gasteiger partial charge in [-0.3, -0.25) is 5.41 Å². The number of fused-ring (bicyclic) bond motifs is 1. The van der Waals surface area contributed by atoms with Crippen molar-refractivity contribution in [3.05, 3.63) is 35.4 Å². The molecular weight excluding hydrogens is 198 g/mol. The Labute approximate surface area is 97.2 Å². The van der Waals surface area contributed by atoms with Crippen molar-refractivity contribution in [2.24, 2.45) is 0 Å². The van der Waals surface area contributed by atoms with Gasteiger partial charge in [-0.15, -0.1) is 0 Å². The Morgan fingerprint density at radius 3 is 2.69 bits per heavy atom. The van der Waals surface area contributed by atoms with Crippen LogP contribution in [0.3, 0.4) is 0 Å². The quantitative estimate of drug-likeness (QED) is 0.836. The Morgan fingerprint density at radius 1 is 1.38 bits per heavy atom. The zero-order valence-corrected chi connectivity index (χ0v) is 10.2. The van der Waals surface area contributed by atoms with Gasteiger partial charge in [-0.05, 0) is 26.6 Å². The van der Waals surface area contributed by atoms with E-state index in [2.05, 4.69) is 36.9 Å². The summed E-state index contributed by atoms with van der Waals surface area (Å²) in [4.78, 5) is 4.34. The van der Waals surface area contributed by atoms with Crippen LogP contribution >= 0.6 is 0 Å². The minimum Gasteiger partial charge on any atom is -0.348 e. The number of nitrogens with one attached hydrogen (secondary N) is 1. The van der Waals surface area contributed by atoms with Crippen LogP contribution in [0.4, 0.5) is 0 Å². The van der Waals surface area contributed by atoms with Gasteiger partial charge in [0.1, 0.15) is 5.84 Å². The molecule has 1 N–H and O–H groups in total. The molecule has 0 aromatic heterocycles. The van der Waals surface area contributed by atoms with Gasteiger partial charge in [0, 0.05) is 24.7 Å². The van der Waals surface area contributed by atoms with Crippen molar-refractivity contribution in [1.82, 2.24) is 9.80 Å². The summed E-state index contributed by atoms with van der Waals surface area (Å²) in [6.45, 7) is 4.04. The van der Waals surface area contributed by atoms with Crippen molar-refractivity contribution in [3.8, 4) is 0 Å². The highest BCUT2D eigenvalue weighted by Crippen LogP contribution is 2.24. The Kier molecular flexibility index (Phi) is 2.97. The van der Waals surface area contributed by atoms with E-state index in [0.717, 1.165) is 18.7 Å². The van der Waals surface area contributed by atoms with Crippen LogP contribution in [0.2, 0.25) is 0 Å². The molecule has 0 spiro atoms. The first-order valence-electron chi connectivity index (χ1n) is 5.68. The van der Waals surface area contributed by atoms with Gasteiger partial charge in [0.2, 0.25) is 0 Å².